The van der Waals surface area contributed by atoms with Gasteiger partial charge in [0.25, 0.3) is 5.69 Å². The van der Waals surface area contributed by atoms with Gasteiger partial charge in [-0.2, -0.15) is 0 Å². The molecule has 0 spiro atoms. The lowest BCUT2D eigenvalue weighted by Gasteiger charge is -2.31. The number of aromatic nitrogens is 2. The topological polar surface area (TPSA) is 98.2 Å². The van der Waals surface area contributed by atoms with Crippen molar-refractivity contribution >= 4 is 34.9 Å². The molecule has 0 bridgehead atoms. The van der Waals surface area contributed by atoms with Crippen molar-refractivity contribution in [1.82, 2.24) is 9.97 Å². The number of benzene rings is 1. The number of non-ortho nitro benzene ring substituents is 1. The third-order valence-corrected chi connectivity index (χ3v) is 3.51. The van der Waals surface area contributed by atoms with E-state index in [-0.39, 0.29) is 24.1 Å². The van der Waals surface area contributed by atoms with Crippen LogP contribution in [0, 0.1) is 10.1 Å². The monoisotopic (exact) mass is 309 g/mol. The fourth-order valence-corrected chi connectivity index (χ4v) is 2.47. The number of halogens is 1. The van der Waals surface area contributed by atoms with Crippen LogP contribution in [0.3, 0.4) is 0 Å². The molecular formula is C13H16ClN5O2. The van der Waals surface area contributed by atoms with Crippen LogP contribution >= 0.6 is 12.4 Å². The van der Waals surface area contributed by atoms with Crippen LogP contribution in [0.4, 0.5) is 11.5 Å². The third-order valence-electron chi connectivity index (χ3n) is 3.51. The van der Waals surface area contributed by atoms with Gasteiger partial charge in [-0.1, -0.05) is 0 Å². The van der Waals surface area contributed by atoms with Gasteiger partial charge < -0.3 is 10.6 Å². The normalized spacial score (nSPS) is 18.3. The van der Waals surface area contributed by atoms with Crippen molar-refractivity contribution in [3.8, 4) is 0 Å². The number of nitrogens with zero attached hydrogens (tertiary/aromatic N) is 4. The van der Waals surface area contributed by atoms with Crippen LogP contribution < -0.4 is 10.6 Å². The lowest BCUT2D eigenvalue weighted by atomic mass is 10.1. The van der Waals surface area contributed by atoms with Crippen molar-refractivity contribution < 1.29 is 4.92 Å². The maximum absolute atomic E-state index is 10.7. The number of nitro groups is 1. The van der Waals surface area contributed by atoms with Gasteiger partial charge in [-0.15, -0.1) is 12.4 Å². The highest BCUT2D eigenvalue weighted by Crippen LogP contribution is 2.22. The summed E-state index contributed by atoms with van der Waals surface area (Å²) in [5.41, 5.74) is 7.18. The summed E-state index contributed by atoms with van der Waals surface area (Å²) >= 11 is 0. The van der Waals surface area contributed by atoms with E-state index in [9.17, 15) is 10.1 Å². The Hall–Kier alpha value is -1.99. The molecule has 8 heteroatoms. The lowest BCUT2D eigenvalue weighted by molar-refractivity contribution is -0.384. The Kier molecular flexibility index (Phi) is 4.54. The quantitative estimate of drug-likeness (QED) is 0.672. The molecule has 2 aromatic rings. The van der Waals surface area contributed by atoms with Crippen molar-refractivity contribution in [2.75, 3.05) is 18.0 Å². The summed E-state index contributed by atoms with van der Waals surface area (Å²) in [6, 6.07) is 4.68. The smallest absolute Gasteiger partial charge is 0.271 e. The number of hydrogen-bond acceptors (Lipinski definition) is 6. The molecule has 1 unspecified atom stereocenters. The van der Waals surface area contributed by atoms with E-state index in [0.29, 0.717) is 11.0 Å². The van der Waals surface area contributed by atoms with Crippen LogP contribution in [0.15, 0.2) is 24.4 Å². The van der Waals surface area contributed by atoms with Crippen LogP contribution in [0.2, 0.25) is 0 Å². The second-order valence-corrected chi connectivity index (χ2v) is 5.01. The Morgan fingerprint density at radius 3 is 2.90 bits per heavy atom. The van der Waals surface area contributed by atoms with Crippen LogP contribution in [-0.2, 0) is 0 Å². The molecule has 2 N–H and O–H groups in total. The molecular weight excluding hydrogens is 294 g/mol. The van der Waals surface area contributed by atoms with Gasteiger partial charge >= 0.3 is 0 Å². The fourth-order valence-electron chi connectivity index (χ4n) is 2.47. The Balaban J connectivity index is 0.00000161. The Bertz CT molecular complexity index is 666. The summed E-state index contributed by atoms with van der Waals surface area (Å²) in [6.45, 7) is 1.69. The van der Waals surface area contributed by atoms with Crippen molar-refractivity contribution in [1.29, 1.82) is 0 Å². The first-order valence-corrected chi connectivity index (χ1v) is 6.55. The summed E-state index contributed by atoms with van der Waals surface area (Å²) in [4.78, 5) is 21.2. The van der Waals surface area contributed by atoms with E-state index in [1.807, 2.05) is 0 Å². The number of hydrogen-bond donors (Lipinski definition) is 1. The molecule has 3 rings (SSSR count). The minimum absolute atomic E-state index is 0. The zero-order chi connectivity index (χ0) is 14.1. The van der Waals surface area contributed by atoms with Crippen LogP contribution in [0.5, 0.6) is 0 Å². The molecule has 1 fully saturated rings. The van der Waals surface area contributed by atoms with Gasteiger partial charge in [0.15, 0.2) is 0 Å². The molecule has 1 aromatic heterocycles. The van der Waals surface area contributed by atoms with Crippen molar-refractivity contribution in [3.63, 3.8) is 0 Å². The number of fused-ring (bicyclic) bond motifs is 1. The van der Waals surface area contributed by atoms with Gasteiger partial charge in [-0.05, 0) is 18.9 Å². The first kappa shape index (κ1) is 15.4. The fraction of sp³-hybridized carbons (Fsp3) is 0.385. The molecule has 0 radical (unpaired) electrons. The van der Waals surface area contributed by atoms with Crippen molar-refractivity contribution in [2.45, 2.75) is 18.9 Å². The van der Waals surface area contributed by atoms with Crippen LogP contribution in [0.25, 0.3) is 11.0 Å². The largest absolute Gasteiger partial charge is 0.354 e. The molecule has 112 valence electrons. The zero-order valence-corrected chi connectivity index (χ0v) is 12.1. The molecule has 21 heavy (non-hydrogen) atoms. The van der Waals surface area contributed by atoms with E-state index < -0.39 is 4.92 Å². The average Bonchev–Trinajstić information content (AvgIpc) is 2.46. The number of piperidine rings is 1. The summed E-state index contributed by atoms with van der Waals surface area (Å²) < 4.78 is 0. The molecule has 1 atom stereocenters. The van der Waals surface area contributed by atoms with Gasteiger partial charge in [-0.3, -0.25) is 15.1 Å². The number of rotatable bonds is 2. The first-order chi connectivity index (χ1) is 9.63. The molecule has 2 heterocycles. The van der Waals surface area contributed by atoms with E-state index >= 15 is 0 Å². The minimum Gasteiger partial charge on any atom is -0.354 e. The summed E-state index contributed by atoms with van der Waals surface area (Å²) in [5.74, 6) is 0.779. The molecule has 0 aliphatic carbocycles. The summed E-state index contributed by atoms with van der Waals surface area (Å²) in [7, 11) is 0. The van der Waals surface area contributed by atoms with E-state index in [1.54, 1.807) is 12.3 Å². The third kappa shape index (κ3) is 3.20. The van der Waals surface area contributed by atoms with E-state index in [1.165, 1.54) is 12.1 Å². The number of nitrogens with two attached hydrogens (primary N) is 1. The van der Waals surface area contributed by atoms with Gasteiger partial charge in [0.2, 0.25) is 0 Å². The van der Waals surface area contributed by atoms with Crippen LogP contribution in [-0.4, -0.2) is 34.0 Å². The number of nitro benzene ring substituents is 1. The standard InChI is InChI=1S/C13H15N5O2.ClH/c14-9-2-1-5-17(8-9)13-7-15-12-6-10(18(19)20)3-4-11(12)16-13;/h3-4,6-7,9H,1-2,5,8,14H2;1H. The second-order valence-electron chi connectivity index (χ2n) is 5.01. The van der Waals surface area contributed by atoms with Crippen molar-refractivity contribution in [3.05, 3.63) is 34.5 Å². The Morgan fingerprint density at radius 1 is 1.38 bits per heavy atom. The maximum Gasteiger partial charge on any atom is 0.271 e. The average molecular weight is 310 g/mol. The molecule has 7 nitrogen and oxygen atoms in total. The van der Waals surface area contributed by atoms with Gasteiger partial charge in [0.1, 0.15) is 5.82 Å². The number of anilines is 1. The maximum atomic E-state index is 10.7. The highest BCUT2D eigenvalue weighted by molar-refractivity contribution is 5.85. The second kappa shape index (κ2) is 6.19. The molecule has 0 amide bonds. The minimum atomic E-state index is -0.432. The highest BCUT2D eigenvalue weighted by Gasteiger charge is 2.18. The molecule has 1 aromatic carbocycles. The van der Waals surface area contributed by atoms with Gasteiger partial charge in [0.05, 0.1) is 22.2 Å². The molecule has 1 aliphatic heterocycles. The van der Waals surface area contributed by atoms with Gasteiger partial charge in [0, 0.05) is 31.3 Å². The van der Waals surface area contributed by atoms with Crippen LogP contribution in [0.1, 0.15) is 12.8 Å². The molecule has 1 aliphatic rings. The van der Waals surface area contributed by atoms with E-state index in [2.05, 4.69) is 14.9 Å². The predicted octanol–water partition coefficient (Wildman–Crippen LogP) is 1.89. The highest BCUT2D eigenvalue weighted by atomic mass is 35.5. The van der Waals surface area contributed by atoms with E-state index in [0.717, 1.165) is 31.7 Å². The Morgan fingerprint density at radius 2 is 2.19 bits per heavy atom. The molecule has 0 saturated carbocycles. The summed E-state index contributed by atoms with van der Waals surface area (Å²) in [6.07, 6.45) is 3.73. The van der Waals surface area contributed by atoms with Crippen molar-refractivity contribution in [2.24, 2.45) is 5.73 Å². The van der Waals surface area contributed by atoms with Gasteiger partial charge in [-0.25, -0.2) is 4.98 Å². The molecule has 1 saturated heterocycles. The Labute approximate surface area is 127 Å². The van der Waals surface area contributed by atoms with E-state index in [4.69, 9.17) is 5.73 Å². The zero-order valence-electron chi connectivity index (χ0n) is 11.3. The SMILES string of the molecule is Cl.NC1CCCN(c2cnc3cc([N+](=O)[O-])ccc3n2)C1. The first-order valence-electron chi connectivity index (χ1n) is 6.55. The summed E-state index contributed by atoms with van der Waals surface area (Å²) in [5, 5.41) is 10.7. The lowest BCUT2D eigenvalue weighted by Crippen LogP contribution is -2.43. The predicted molar refractivity (Wildman–Crippen MR) is 82.9 cm³/mol.